The van der Waals surface area contributed by atoms with Gasteiger partial charge >= 0.3 is 0 Å². The summed E-state index contributed by atoms with van der Waals surface area (Å²) in [6.45, 7) is 0.213. The van der Waals surface area contributed by atoms with Crippen molar-refractivity contribution in [1.82, 2.24) is 10.1 Å². The van der Waals surface area contributed by atoms with Gasteiger partial charge in [0, 0.05) is 16.7 Å². The maximum atomic E-state index is 5.85. The normalized spacial score (nSPS) is 10.5. The predicted molar refractivity (Wildman–Crippen MR) is 82.1 cm³/mol. The lowest BCUT2D eigenvalue weighted by molar-refractivity contribution is 0.285. The molecule has 0 aliphatic heterocycles. The van der Waals surface area contributed by atoms with E-state index in [9.17, 15) is 0 Å². The van der Waals surface area contributed by atoms with E-state index in [1.807, 2.05) is 30.3 Å². The number of hydrogen-bond donors (Lipinski definition) is 0. The molecular formula is C16H13ClN2O3. The first-order chi connectivity index (χ1) is 10.7. The molecule has 0 N–H and O–H groups in total. The minimum Gasteiger partial charge on any atom is -0.497 e. The number of hydrogen-bond acceptors (Lipinski definition) is 5. The van der Waals surface area contributed by atoms with Gasteiger partial charge in [0.2, 0.25) is 5.82 Å². The summed E-state index contributed by atoms with van der Waals surface area (Å²) in [6, 6.07) is 14.5. The van der Waals surface area contributed by atoms with Gasteiger partial charge in [-0.3, -0.25) is 0 Å². The number of rotatable bonds is 5. The van der Waals surface area contributed by atoms with Crippen LogP contribution in [-0.4, -0.2) is 17.3 Å². The molecule has 22 heavy (non-hydrogen) atoms. The largest absolute Gasteiger partial charge is 0.497 e. The fourth-order valence-corrected chi connectivity index (χ4v) is 1.99. The lowest BCUT2D eigenvalue weighted by atomic mass is 10.2. The molecule has 0 atom stereocenters. The van der Waals surface area contributed by atoms with Crippen molar-refractivity contribution in [3.63, 3.8) is 0 Å². The van der Waals surface area contributed by atoms with E-state index < -0.39 is 0 Å². The van der Waals surface area contributed by atoms with Gasteiger partial charge in [-0.25, -0.2) is 0 Å². The fraction of sp³-hybridized carbons (Fsp3) is 0.125. The molecular weight excluding hydrogens is 304 g/mol. The van der Waals surface area contributed by atoms with Crippen molar-refractivity contribution < 1.29 is 14.0 Å². The number of methoxy groups -OCH3 is 1. The van der Waals surface area contributed by atoms with Gasteiger partial charge in [-0.2, -0.15) is 4.98 Å². The summed E-state index contributed by atoms with van der Waals surface area (Å²) in [7, 11) is 1.61. The monoisotopic (exact) mass is 316 g/mol. The van der Waals surface area contributed by atoms with Crippen LogP contribution in [0.3, 0.4) is 0 Å². The highest BCUT2D eigenvalue weighted by Gasteiger charge is 2.09. The second-order valence-corrected chi connectivity index (χ2v) is 4.93. The molecule has 0 aliphatic carbocycles. The number of benzene rings is 2. The van der Waals surface area contributed by atoms with Gasteiger partial charge < -0.3 is 14.0 Å². The van der Waals surface area contributed by atoms with Crippen molar-refractivity contribution in [2.24, 2.45) is 0 Å². The maximum absolute atomic E-state index is 5.85. The Morgan fingerprint density at radius 1 is 1.09 bits per heavy atom. The second-order valence-electron chi connectivity index (χ2n) is 4.49. The van der Waals surface area contributed by atoms with Crippen molar-refractivity contribution in [3.8, 4) is 23.0 Å². The number of nitrogens with zero attached hydrogens (tertiary/aromatic N) is 2. The van der Waals surface area contributed by atoms with E-state index in [1.54, 1.807) is 25.3 Å². The van der Waals surface area contributed by atoms with Crippen molar-refractivity contribution in [2.75, 3.05) is 7.11 Å². The molecule has 0 bridgehead atoms. The molecule has 0 saturated heterocycles. The molecule has 3 rings (SSSR count). The van der Waals surface area contributed by atoms with Crippen LogP contribution in [0.4, 0.5) is 0 Å². The van der Waals surface area contributed by atoms with Crippen LogP contribution in [0.2, 0.25) is 5.02 Å². The molecule has 5 nitrogen and oxygen atoms in total. The highest BCUT2D eigenvalue weighted by Crippen LogP contribution is 2.21. The molecule has 2 aromatic carbocycles. The zero-order valence-corrected chi connectivity index (χ0v) is 12.6. The van der Waals surface area contributed by atoms with Gasteiger partial charge in [0.15, 0.2) is 6.61 Å². The van der Waals surface area contributed by atoms with Gasteiger partial charge in [-0.1, -0.05) is 22.8 Å². The first kappa shape index (κ1) is 14.4. The SMILES string of the molecule is COc1cccc(OCc2noc(-c3ccc(Cl)cc3)n2)c1. The first-order valence-electron chi connectivity index (χ1n) is 6.60. The molecule has 0 spiro atoms. The van der Waals surface area contributed by atoms with E-state index in [4.69, 9.17) is 25.6 Å². The van der Waals surface area contributed by atoms with Crippen LogP contribution < -0.4 is 9.47 Å². The highest BCUT2D eigenvalue weighted by molar-refractivity contribution is 6.30. The van der Waals surface area contributed by atoms with E-state index in [-0.39, 0.29) is 6.61 Å². The van der Waals surface area contributed by atoms with Crippen LogP contribution in [0.15, 0.2) is 53.1 Å². The number of ether oxygens (including phenoxy) is 2. The third-order valence-electron chi connectivity index (χ3n) is 2.97. The Kier molecular flexibility index (Phi) is 4.25. The van der Waals surface area contributed by atoms with E-state index >= 15 is 0 Å². The molecule has 0 fully saturated rings. The molecule has 0 unspecified atom stereocenters. The minimum absolute atomic E-state index is 0.213. The summed E-state index contributed by atoms with van der Waals surface area (Å²) in [6.07, 6.45) is 0. The van der Waals surface area contributed by atoms with Crippen LogP contribution in [0.5, 0.6) is 11.5 Å². The van der Waals surface area contributed by atoms with Crippen LogP contribution in [0, 0.1) is 0 Å². The average molecular weight is 317 g/mol. The number of halogens is 1. The van der Waals surface area contributed by atoms with Crippen molar-refractivity contribution in [3.05, 3.63) is 59.4 Å². The minimum atomic E-state index is 0.213. The summed E-state index contributed by atoms with van der Waals surface area (Å²) in [5.41, 5.74) is 0.810. The molecule has 0 aliphatic rings. The Balaban J connectivity index is 1.67. The Hall–Kier alpha value is -2.53. The summed E-state index contributed by atoms with van der Waals surface area (Å²) in [4.78, 5) is 4.29. The summed E-state index contributed by atoms with van der Waals surface area (Å²) >= 11 is 5.85. The van der Waals surface area contributed by atoms with Crippen LogP contribution >= 0.6 is 11.6 Å². The van der Waals surface area contributed by atoms with Gasteiger partial charge in [0.05, 0.1) is 7.11 Å². The zero-order valence-electron chi connectivity index (χ0n) is 11.8. The molecule has 0 amide bonds. The lowest BCUT2D eigenvalue weighted by Crippen LogP contribution is -1.97. The highest BCUT2D eigenvalue weighted by atomic mass is 35.5. The van der Waals surface area contributed by atoms with Gasteiger partial charge in [-0.15, -0.1) is 0 Å². The summed E-state index contributed by atoms with van der Waals surface area (Å²) in [5, 5.41) is 4.55. The molecule has 1 heterocycles. The first-order valence-corrected chi connectivity index (χ1v) is 6.98. The Labute approximate surface area is 132 Å². The maximum Gasteiger partial charge on any atom is 0.258 e. The lowest BCUT2D eigenvalue weighted by Gasteiger charge is -2.05. The van der Waals surface area contributed by atoms with Crippen LogP contribution in [0.1, 0.15) is 5.82 Å². The Morgan fingerprint density at radius 3 is 2.64 bits per heavy atom. The number of aromatic nitrogens is 2. The Bertz CT molecular complexity index is 756. The van der Waals surface area contributed by atoms with Gasteiger partial charge in [0.25, 0.3) is 5.89 Å². The Morgan fingerprint density at radius 2 is 1.86 bits per heavy atom. The van der Waals surface area contributed by atoms with E-state index in [1.165, 1.54) is 0 Å². The fourth-order valence-electron chi connectivity index (χ4n) is 1.86. The molecule has 0 radical (unpaired) electrons. The third-order valence-corrected chi connectivity index (χ3v) is 3.22. The summed E-state index contributed by atoms with van der Waals surface area (Å²) in [5.74, 6) is 2.30. The standard InChI is InChI=1S/C16H13ClN2O3/c1-20-13-3-2-4-14(9-13)21-10-15-18-16(22-19-15)11-5-7-12(17)8-6-11/h2-9H,10H2,1H3. The predicted octanol–water partition coefficient (Wildman–Crippen LogP) is 3.98. The topological polar surface area (TPSA) is 57.4 Å². The van der Waals surface area contributed by atoms with E-state index in [0.29, 0.717) is 22.5 Å². The third kappa shape index (κ3) is 3.38. The van der Waals surface area contributed by atoms with Crippen LogP contribution in [-0.2, 0) is 6.61 Å². The smallest absolute Gasteiger partial charge is 0.258 e. The molecule has 6 heteroatoms. The van der Waals surface area contributed by atoms with E-state index in [2.05, 4.69) is 10.1 Å². The van der Waals surface area contributed by atoms with Crippen LogP contribution in [0.25, 0.3) is 11.5 Å². The quantitative estimate of drug-likeness (QED) is 0.712. The molecule has 1 aromatic heterocycles. The molecule has 3 aromatic rings. The summed E-state index contributed by atoms with van der Waals surface area (Å²) < 4.78 is 16.0. The van der Waals surface area contributed by atoms with Gasteiger partial charge in [0.1, 0.15) is 11.5 Å². The van der Waals surface area contributed by atoms with Crippen molar-refractivity contribution >= 4 is 11.6 Å². The molecule has 0 saturated carbocycles. The van der Waals surface area contributed by atoms with E-state index in [0.717, 1.165) is 11.3 Å². The zero-order chi connectivity index (χ0) is 15.4. The van der Waals surface area contributed by atoms with Gasteiger partial charge in [-0.05, 0) is 36.4 Å². The molecule has 112 valence electrons. The second kappa shape index (κ2) is 6.49. The van der Waals surface area contributed by atoms with Crippen molar-refractivity contribution in [2.45, 2.75) is 6.61 Å². The van der Waals surface area contributed by atoms with Crippen molar-refractivity contribution in [1.29, 1.82) is 0 Å². The average Bonchev–Trinajstić information content (AvgIpc) is 3.03.